The number of benzene rings is 1. The molecule has 1 fully saturated rings. The van der Waals surface area contributed by atoms with Gasteiger partial charge in [-0.3, -0.25) is 9.59 Å². The van der Waals surface area contributed by atoms with Crippen LogP contribution in [-0.4, -0.2) is 25.3 Å². The second kappa shape index (κ2) is 4.37. The van der Waals surface area contributed by atoms with Crippen molar-refractivity contribution in [3.8, 4) is 0 Å². The molecule has 7 heteroatoms. The smallest absolute Gasteiger partial charge is 0.252 e. The summed E-state index contributed by atoms with van der Waals surface area (Å²) in [7, 11) is -3.65. The fourth-order valence-corrected chi connectivity index (χ4v) is 3.77. The normalized spacial score (nSPS) is 22.2. The molecule has 18 heavy (non-hydrogen) atoms. The summed E-state index contributed by atoms with van der Waals surface area (Å²) >= 11 is 5.33. The number of hydrogen-bond acceptors (Lipinski definition) is 4. The number of anilines is 1. The first-order chi connectivity index (χ1) is 8.33. The van der Waals surface area contributed by atoms with Crippen LogP contribution in [-0.2, 0) is 14.8 Å². The third-order valence-corrected chi connectivity index (χ3v) is 4.75. The minimum Gasteiger partial charge on any atom is -0.276 e. The van der Waals surface area contributed by atoms with E-state index in [0.717, 1.165) is 4.31 Å². The molecule has 1 aromatic carbocycles. The van der Waals surface area contributed by atoms with Crippen molar-refractivity contribution in [2.24, 2.45) is 5.92 Å². The number of amides is 1. The van der Waals surface area contributed by atoms with E-state index in [1.807, 2.05) is 0 Å². The second-order valence-electron chi connectivity index (χ2n) is 4.11. The van der Waals surface area contributed by atoms with E-state index in [2.05, 4.69) is 0 Å². The van der Waals surface area contributed by atoms with E-state index in [-0.39, 0.29) is 17.0 Å². The highest BCUT2D eigenvalue weighted by molar-refractivity contribution is 7.94. The van der Waals surface area contributed by atoms with Gasteiger partial charge < -0.3 is 0 Å². The fourth-order valence-electron chi connectivity index (χ4n) is 1.84. The van der Waals surface area contributed by atoms with Crippen molar-refractivity contribution in [2.75, 3.05) is 10.1 Å². The molecule has 0 spiro atoms. The Labute approximate surface area is 109 Å². The largest absolute Gasteiger partial charge is 0.276 e. The molecular formula is C11H10ClNO4S. The summed E-state index contributed by atoms with van der Waals surface area (Å²) in [5.74, 6) is -1.29. The standard InChI is InChI=1S/C11H10ClNO4S/c1-7-6-18(16,17)13(11(7)15)9-4-2-3-8(5-9)10(12)14/h2-5,7H,6H2,1H3. The molecule has 96 valence electrons. The maximum atomic E-state index is 11.9. The highest BCUT2D eigenvalue weighted by Gasteiger charge is 2.41. The Morgan fingerprint density at radius 2 is 2.11 bits per heavy atom. The first-order valence-corrected chi connectivity index (χ1v) is 7.18. The average molecular weight is 288 g/mol. The lowest BCUT2D eigenvalue weighted by Crippen LogP contribution is -2.30. The summed E-state index contributed by atoms with van der Waals surface area (Å²) in [6, 6.07) is 5.69. The van der Waals surface area contributed by atoms with Gasteiger partial charge in [0.2, 0.25) is 15.9 Å². The van der Waals surface area contributed by atoms with Gasteiger partial charge in [-0.25, -0.2) is 12.7 Å². The van der Waals surface area contributed by atoms with Gasteiger partial charge >= 0.3 is 0 Å². The third kappa shape index (κ3) is 2.13. The number of rotatable bonds is 2. The number of halogens is 1. The number of hydrogen-bond donors (Lipinski definition) is 0. The topological polar surface area (TPSA) is 71.5 Å². The summed E-state index contributed by atoms with van der Waals surface area (Å²) < 4.78 is 24.4. The van der Waals surface area contributed by atoms with Crippen molar-refractivity contribution in [2.45, 2.75) is 6.92 Å². The van der Waals surface area contributed by atoms with Crippen LogP contribution < -0.4 is 4.31 Å². The van der Waals surface area contributed by atoms with E-state index in [0.29, 0.717) is 0 Å². The van der Waals surface area contributed by atoms with E-state index in [4.69, 9.17) is 11.6 Å². The maximum absolute atomic E-state index is 11.9. The van der Waals surface area contributed by atoms with Gasteiger partial charge in [0, 0.05) is 5.56 Å². The van der Waals surface area contributed by atoms with Crippen LogP contribution in [0.5, 0.6) is 0 Å². The molecule has 0 aliphatic carbocycles. The Balaban J connectivity index is 2.52. The molecule has 1 aliphatic heterocycles. The highest BCUT2D eigenvalue weighted by Crippen LogP contribution is 2.28. The van der Waals surface area contributed by atoms with Crippen LogP contribution in [0.1, 0.15) is 17.3 Å². The molecule has 1 unspecified atom stereocenters. The summed E-state index contributed by atoms with van der Waals surface area (Å²) in [5.41, 5.74) is 0.299. The Morgan fingerprint density at radius 3 is 2.61 bits per heavy atom. The van der Waals surface area contributed by atoms with Crippen molar-refractivity contribution in [3.05, 3.63) is 29.8 Å². The molecule has 0 saturated carbocycles. The van der Waals surface area contributed by atoms with Crippen LogP contribution in [0.2, 0.25) is 0 Å². The zero-order valence-electron chi connectivity index (χ0n) is 9.46. The lowest BCUT2D eigenvalue weighted by Gasteiger charge is -2.15. The van der Waals surface area contributed by atoms with Crippen LogP contribution >= 0.6 is 11.6 Å². The summed E-state index contributed by atoms with van der Waals surface area (Å²) in [6.45, 7) is 1.55. The van der Waals surface area contributed by atoms with E-state index in [1.165, 1.54) is 24.3 Å². The minimum atomic E-state index is -3.65. The Hall–Kier alpha value is -1.40. The minimum absolute atomic E-state index is 0.149. The zero-order chi connectivity index (χ0) is 13.5. The second-order valence-corrected chi connectivity index (χ2v) is 6.31. The highest BCUT2D eigenvalue weighted by atomic mass is 35.5. The third-order valence-electron chi connectivity index (χ3n) is 2.67. The van der Waals surface area contributed by atoms with Crippen molar-refractivity contribution in [1.82, 2.24) is 0 Å². The molecule has 1 heterocycles. The van der Waals surface area contributed by atoms with Gasteiger partial charge in [-0.05, 0) is 29.8 Å². The molecule has 5 nitrogen and oxygen atoms in total. The number of sulfonamides is 1. The number of nitrogens with zero attached hydrogens (tertiary/aromatic N) is 1. The van der Waals surface area contributed by atoms with E-state index in [1.54, 1.807) is 6.92 Å². The molecular weight excluding hydrogens is 278 g/mol. The molecule has 2 rings (SSSR count). The number of carbonyl (C=O) groups is 2. The zero-order valence-corrected chi connectivity index (χ0v) is 11.0. The molecule has 1 atom stereocenters. The van der Waals surface area contributed by atoms with Crippen LogP contribution in [0.15, 0.2) is 24.3 Å². The molecule has 0 aromatic heterocycles. The van der Waals surface area contributed by atoms with Crippen LogP contribution in [0.3, 0.4) is 0 Å². The first kappa shape index (κ1) is 13.0. The molecule has 0 N–H and O–H groups in total. The predicted octanol–water partition coefficient (Wildman–Crippen LogP) is 1.38. The first-order valence-electron chi connectivity index (χ1n) is 5.19. The SMILES string of the molecule is CC1CS(=O)(=O)N(c2cccc(C(=O)Cl)c2)C1=O. The summed E-state index contributed by atoms with van der Waals surface area (Å²) in [4.78, 5) is 22.9. The van der Waals surface area contributed by atoms with Gasteiger partial charge in [-0.2, -0.15) is 0 Å². The lowest BCUT2D eigenvalue weighted by atomic mass is 10.2. The van der Waals surface area contributed by atoms with Gasteiger partial charge in [-0.1, -0.05) is 13.0 Å². The van der Waals surface area contributed by atoms with Crippen molar-refractivity contribution >= 4 is 38.5 Å². The van der Waals surface area contributed by atoms with Crippen molar-refractivity contribution in [3.63, 3.8) is 0 Å². The molecule has 0 bridgehead atoms. The van der Waals surface area contributed by atoms with Crippen LogP contribution in [0, 0.1) is 5.92 Å². The van der Waals surface area contributed by atoms with Gasteiger partial charge in [0.15, 0.2) is 0 Å². The maximum Gasteiger partial charge on any atom is 0.252 e. The van der Waals surface area contributed by atoms with Crippen molar-refractivity contribution in [1.29, 1.82) is 0 Å². The molecule has 1 amide bonds. The molecule has 1 saturated heterocycles. The summed E-state index contributed by atoms with van der Waals surface area (Å²) in [6.07, 6.45) is 0. The monoisotopic (exact) mass is 287 g/mol. The molecule has 1 aliphatic rings. The Morgan fingerprint density at radius 1 is 1.44 bits per heavy atom. The molecule has 0 radical (unpaired) electrons. The van der Waals surface area contributed by atoms with E-state index in [9.17, 15) is 18.0 Å². The number of carbonyl (C=O) groups excluding carboxylic acids is 2. The quantitative estimate of drug-likeness (QED) is 0.770. The summed E-state index contributed by atoms with van der Waals surface area (Å²) in [5, 5.41) is -0.700. The van der Waals surface area contributed by atoms with Gasteiger partial charge in [0.1, 0.15) is 0 Å². The van der Waals surface area contributed by atoms with Crippen LogP contribution in [0.25, 0.3) is 0 Å². The van der Waals surface area contributed by atoms with E-state index >= 15 is 0 Å². The predicted molar refractivity (Wildman–Crippen MR) is 67.1 cm³/mol. The Bertz CT molecular complexity index is 626. The van der Waals surface area contributed by atoms with Crippen molar-refractivity contribution < 1.29 is 18.0 Å². The average Bonchev–Trinajstić information content (AvgIpc) is 2.48. The fraction of sp³-hybridized carbons (Fsp3) is 0.273. The Kier molecular flexibility index (Phi) is 3.16. The van der Waals surface area contributed by atoms with Crippen LogP contribution in [0.4, 0.5) is 5.69 Å². The molecule has 1 aromatic rings. The van der Waals surface area contributed by atoms with Gasteiger partial charge in [0.05, 0.1) is 17.4 Å². The van der Waals surface area contributed by atoms with Gasteiger partial charge in [-0.15, -0.1) is 0 Å². The lowest BCUT2D eigenvalue weighted by molar-refractivity contribution is -0.119. The van der Waals surface area contributed by atoms with Gasteiger partial charge in [0.25, 0.3) is 5.24 Å². The van der Waals surface area contributed by atoms with E-state index < -0.39 is 27.1 Å².